The third-order valence-corrected chi connectivity index (χ3v) is 9.65. The predicted octanol–water partition coefficient (Wildman–Crippen LogP) is 7.99. The van der Waals surface area contributed by atoms with Crippen LogP contribution in [-0.4, -0.2) is 30.3 Å². The van der Waals surface area contributed by atoms with Crippen molar-refractivity contribution >= 4 is 22.3 Å². The van der Waals surface area contributed by atoms with Gasteiger partial charge in [0.05, 0.1) is 17.0 Å². The smallest absolute Gasteiger partial charge is 0.165 e. The van der Waals surface area contributed by atoms with E-state index in [1.165, 1.54) is 12.8 Å². The third kappa shape index (κ3) is 4.06. The van der Waals surface area contributed by atoms with Gasteiger partial charge in [0.25, 0.3) is 0 Å². The van der Waals surface area contributed by atoms with E-state index >= 15 is 0 Å². The largest absolute Gasteiger partial charge is 0.390 e. The molecule has 3 heterocycles. The van der Waals surface area contributed by atoms with Crippen molar-refractivity contribution in [3.05, 3.63) is 115 Å². The summed E-state index contributed by atoms with van der Waals surface area (Å²) >= 11 is 0. The quantitative estimate of drug-likeness (QED) is 0.241. The number of benzene rings is 2. The van der Waals surface area contributed by atoms with Crippen molar-refractivity contribution in [2.75, 3.05) is 0 Å². The van der Waals surface area contributed by atoms with Crippen molar-refractivity contribution < 1.29 is 5.11 Å². The molecule has 0 radical (unpaired) electrons. The van der Waals surface area contributed by atoms with E-state index in [4.69, 9.17) is 15.1 Å². The van der Waals surface area contributed by atoms with E-state index in [-0.39, 0.29) is 11.3 Å². The van der Waals surface area contributed by atoms with Crippen molar-refractivity contribution in [2.45, 2.75) is 45.1 Å². The van der Waals surface area contributed by atoms with Crippen LogP contribution in [0.2, 0.25) is 0 Å². The standard InChI is InChI=1S/C37H34N4O/c1-24-32(26-12-7-4-8-13-26)35-38-21-28-20-31(25-10-5-3-6-11-25)33(39-34(28)41(35)40-24)27-14-9-15-29(17-16-27)36(2)22-37(42,23-36)30-18-19-30/h3-17,20-21,29-30,42H,18-19,22-23H2,1-2H3. The lowest BCUT2D eigenvalue weighted by atomic mass is 9.53. The number of hydrogen-bond donors (Lipinski definition) is 1. The van der Waals surface area contributed by atoms with E-state index in [2.05, 4.69) is 79.8 Å². The van der Waals surface area contributed by atoms with Gasteiger partial charge >= 0.3 is 0 Å². The van der Waals surface area contributed by atoms with Gasteiger partial charge in [-0.3, -0.25) is 0 Å². The van der Waals surface area contributed by atoms with E-state index in [9.17, 15) is 5.11 Å². The molecular formula is C37H34N4O. The molecule has 0 spiro atoms. The summed E-state index contributed by atoms with van der Waals surface area (Å²) in [6.07, 6.45) is 17.2. The predicted molar refractivity (Wildman–Crippen MR) is 169 cm³/mol. The van der Waals surface area contributed by atoms with Crippen LogP contribution >= 0.6 is 0 Å². The number of fused-ring (bicyclic) bond motifs is 3. The first-order chi connectivity index (χ1) is 20.4. The van der Waals surface area contributed by atoms with Crippen molar-refractivity contribution in [3.63, 3.8) is 0 Å². The third-order valence-electron chi connectivity index (χ3n) is 9.65. The maximum absolute atomic E-state index is 11.1. The molecule has 1 N–H and O–H groups in total. The summed E-state index contributed by atoms with van der Waals surface area (Å²) in [7, 11) is 0. The molecule has 0 saturated heterocycles. The van der Waals surface area contributed by atoms with Gasteiger partial charge in [0.1, 0.15) is 0 Å². The molecule has 0 amide bonds. The first-order valence-corrected chi connectivity index (χ1v) is 15.0. The highest BCUT2D eigenvalue weighted by molar-refractivity contribution is 5.93. The van der Waals surface area contributed by atoms with Crippen LogP contribution in [0.25, 0.3) is 44.5 Å². The number of aliphatic hydroxyl groups is 1. The van der Waals surface area contributed by atoms with E-state index in [0.29, 0.717) is 5.92 Å². The minimum absolute atomic E-state index is 0.0744. The fourth-order valence-electron chi connectivity index (χ4n) is 7.42. The van der Waals surface area contributed by atoms with Crippen LogP contribution in [0.1, 0.15) is 44.0 Å². The zero-order valence-corrected chi connectivity index (χ0v) is 24.0. The molecule has 42 heavy (non-hydrogen) atoms. The molecule has 0 aliphatic heterocycles. The Hall–Kier alpha value is -4.35. The van der Waals surface area contributed by atoms with Gasteiger partial charge in [-0.2, -0.15) is 9.61 Å². The van der Waals surface area contributed by atoms with Gasteiger partial charge in [0.15, 0.2) is 11.3 Å². The van der Waals surface area contributed by atoms with Crippen LogP contribution in [0.15, 0.2) is 103 Å². The summed E-state index contributed by atoms with van der Waals surface area (Å²) in [5, 5.41) is 17.0. The number of allylic oxidation sites excluding steroid dienone is 6. The highest BCUT2D eigenvalue weighted by atomic mass is 16.3. The van der Waals surface area contributed by atoms with Gasteiger partial charge in [0.2, 0.25) is 0 Å². The highest BCUT2D eigenvalue weighted by Crippen LogP contribution is 2.61. The minimum Gasteiger partial charge on any atom is -0.390 e. The van der Waals surface area contributed by atoms with E-state index in [0.717, 1.165) is 68.7 Å². The molecule has 2 saturated carbocycles. The first kappa shape index (κ1) is 25.4. The van der Waals surface area contributed by atoms with Crippen LogP contribution in [-0.2, 0) is 0 Å². The molecule has 1 atom stereocenters. The lowest BCUT2D eigenvalue weighted by Gasteiger charge is -2.55. The van der Waals surface area contributed by atoms with Gasteiger partial charge in [0, 0.05) is 34.2 Å². The van der Waals surface area contributed by atoms with Gasteiger partial charge in [-0.15, -0.1) is 0 Å². The van der Waals surface area contributed by atoms with Crippen LogP contribution in [0.3, 0.4) is 0 Å². The van der Waals surface area contributed by atoms with E-state index in [1.54, 1.807) is 0 Å². The lowest BCUT2D eigenvalue weighted by molar-refractivity contribution is -0.145. The second-order valence-electron chi connectivity index (χ2n) is 12.8. The Morgan fingerprint density at radius 3 is 2.33 bits per heavy atom. The lowest BCUT2D eigenvalue weighted by Crippen LogP contribution is -2.54. The molecule has 5 nitrogen and oxygen atoms in total. The van der Waals surface area contributed by atoms with Gasteiger partial charge < -0.3 is 5.11 Å². The maximum atomic E-state index is 11.1. The van der Waals surface area contributed by atoms with Crippen molar-refractivity contribution in [3.8, 4) is 22.3 Å². The zero-order valence-electron chi connectivity index (χ0n) is 24.0. The maximum Gasteiger partial charge on any atom is 0.165 e. The van der Waals surface area contributed by atoms with Gasteiger partial charge in [-0.05, 0) is 61.1 Å². The number of aromatic nitrogens is 4. The second-order valence-corrected chi connectivity index (χ2v) is 12.8. The van der Waals surface area contributed by atoms with Crippen LogP contribution < -0.4 is 0 Å². The number of pyridine rings is 1. The SMILES string of the molecule is Cc1nn2c(ncc3cc(-c4ccccc4)c(C4=CC=CC(C5(C)CC(O)(C6CC6)C5)C=C4)nc32)c1-c1ccccc1. The molecule has 8 rings (SSSR count). The topological polar surface area (TPSA) is 63.3 Å². The number of nitrogens with zero attached hydrogens (tertiary/aromatic N) is 4. The average Bonchev–Trinajstić information content (AvgIpc) is 3.82. The molecule has 2 aromatic carbocycles. The fourth-order valence-corrected chi connectivity index (χ4v) is 7.42. The number of hydrogen-bond acceptors (Lipinski definition) is 4. The molecule has 3 aromatic heterocycles. The Kier molecular flexibility index (Phi) is 5.64. The Labute approximate surface area is 246 Å². The molecule has 1 unspecified atom stereocenters. The van der Waals surface area contributed by atoms with Crippen molar-refractivity contribution in [1.82, 2.24) is 19.6 Å². The zero-order chi connectivity index (χ0) is 28.5. The molecule has 208 valence electrons. The molecule has 3 aliphatic rings. The molecule has 5 heteroatoms. The average molecular weight is 551 g/mol. The van der Waals surface area contributed by atoms with E-state index in [1.807, 2.05) is 41.9 Å². The summed E-state index contributed by atoms with van der Waals surface area (Å²) in [5.41, 5.74) is 8.44. The molecular weight excluding hydrogens is 516 g/mol. The van der Waals surface area contributed by atoms with Crippen LogP contribution in [0.5, 0.6) is 0 Å². The molecule has 2 fully saturated rings. The van der Waals surface area contributed by atoms with Crippen molar-refractivity contribution in [1.29, 1.82) is 0 Å². The Morgan fingerprint density at radius 1 is 0.905 bits per heavy atom. The van der Waals surface area contributed by atoms with Gasteiger partial charge in [-0.1, -0.05) is 98.0 Å². The van der Waals surface area contributed by atoms with Gasteiger partial charge in [-0.25, -0.2) is 9.97 Å². The summed E-state index contributed by atoms with van der Waals surface area (Å²) in [6.45, 7) is 4.36. The summed E-state index contributed by atoms with van der Waals surface area (Å²) in [5.74, 6) is 0.775. The Morgan fingerprint density at radius 2 is 1.62 bits per heavy atom. The van der Waals surface area contributed by atoms with Crippen LogP contribution in [0.4, 0.5) is 0 Å². The monoisotopic (exact) mass is 550 g/mol. The molecule has 3 aliphatic carbocycles. The Bertz CT molecular complexity index is 1920. The van der Waals surface area contributed by atoms with E-state index < -0.39 is 5.60 Å². The summed E-state index contributed by atoms with van der Waals surface area (Å²) in [4.78, 5) is 10.2. The highest BCUT2D eigenvalue weighted by Gasteiger charge is 2.59. The number of aryl methyl sites for hydroxylation is 1. The minimum atomic E-state index is -0.459. The Balaban J connectivity index is 1.25. The normalized spacial score (nSPS) is 25.4. The summed E-state index contributed by atoms with van der Waals surface area (Å²) in [6, 6.07) is 23.0. The number of rotatable bonds is 5. The molecule has 5 aromatic rings. The first-order valence-electron chi connectivity index (χ1n) is 15.0. The second kappa shape index (κ2) is 9.33. The van der Waals surface area contributed by atoms with Crippen molar-refractivity contribution in [2.24, 2.45) is 17.3 Å². The fraction of sp³-hybridized carbons (Fsp3) is 0.270. The van der Waals surface area contributed by atoms with Crippen LogP contribution in [0, 0.1) is 24.2 Å². The molecule has 0 bridgehead atoms. The summed E-state index contributed by atoms with van der Waals surface area (Å²) < 4.78 is 1.90.